The first-order valence-corrected chi connectivity index (χ1v) is 12.5. The van der Waals surface area contributed by atoms with Crippen molar-refractivity contribution in [3.8, 4) is 5.75 Å². The summed E-state index contributed by atoms with van der Waals surface area (Å²) in [7, 11) is 1.69. The molecule has 7 heteroatoms. The molecule has 33 heavy (non-hydrogen) atoms. The lowest BCUT2D eigenvalue weighted by molar-refractivity contribution is -0.113. The van der Waals surface area contributed by atoms with Crippen LogP contribution in [0.2, 0.25) is 0 Å². The van der Waals surface area contributed by atoms with E-state index in [2.05, 4.69) is 45.9 Å². The van der Waals surface area contributed by atoms with E-state index in [1.165, 1.54) is 11.1 Å². The topological polar surface area (TPSA) is 72.5 Å². The number of thioether (sulfide) groups is 1. The highest BCUT2D eigenvalue weighted by molar-refractivity contribution is 8.00. The van der Waals surface area contributed by atoms with Crippen molar-refractivity contribution in [2.45, 2.75) is 49.3 Å². The van der Waals surface area contributed by atoms with E-state index in [1.807, 2.05) is 18.3 Å². The molecule has 2 aliphatic rings. The van der Waals surface area contributed by atoms with E-state index in [0.717, 1.165) is 66.1 Å². The Hall–Kier alpha value is -2.61. The third-order valence-corrected chi connectivity index (χ3v) is 7.49. The third-order valence-electron chi connectivity index (χ3n) is 6.42. The Morgan fingerprint density at radius 2 is 2.15 bits per heavy atom. The van der Waals surface area contributed by atoms with Gasteiger partial charge in [0.05, 0.1) is 36.8 Å². The van der Waals surface area contributed by atoms with Gasteiger partial charge in [0.2, 0.25) is 5.91 Å². The Kier molecular flexibility index (Phi) is 6.80. The quantitative estimate of drug-likeness (QED) is 0.535. The molecular weight excluding hydrogens is 434 g/mol. The van der Waals surface area contributed by atoms with Crippen LogP contribution in [0.5, 0.6) is 5.75 Å². The first-order chi connectivity index (χ1) is 16.2. The smallest absolute Gasteiger partial charge is 0.234 e. The second-order valence-electron chi connectivity index (χ2n) is 8.67. The van der Waals surface area contributed by atoms with Crippen molar-refractivity contribution in [2.75, 3.05) is 24.8 Å². The molecule has 1 aromatic heterocycles. The summed E-state index contributed by atoms with van der Waals surface area (Å²) in [6.45, 7) is 1.50. The number of methoxy groups -OCH3 is 1. The maximum atomic E-state index is 11.6. The van der Waals surface area contributed by atoms with Crippen LogP contribution in [0.3, 0.4) is 0 Å². The molecule has 2 aliphatic heterocycles. The van der Waals surface area contributed by atoms with Gasteiger partial charge in [0.1, 0.15) is 5.75 Å². The van der Waals surface area contributed by atoms with Gasteiger partial charge in [-0.3, -0.25) is 9.78 Å². The molecule has 1 amide bonds. The van der Waals surface area contributed by atoms with Gasteiger partial charge in [-0.25, -0.2) is 0 Å². The van der Waals surface area contributed by atoms with Crippen molar-refractivity contribution in [3.05, 3.63) is 59.8 Å². The van der Waals surface area contributed by atoms with Crippen molar-refractivity contribution < 1.29 is 14.3 Å². The van der Waals surface area contributed by atoms with Crippen molar-refractivity contribution in [2.24, 2.45) is 0 Å². The van der Waals surface area contributed by atoms with Gasteiger partial charge < -0.3 is 20.1 Å². The number of nitrogens with one attached hydrogen (secondary N) is 2. The monoisotopic (exact) mass is 463 g/mol. The molecule has 0 spiro atoms. The number of hydrogen-bond donors (Lipinski definition) is 2. The Labute approximate surface area is 198 Å². The zero-order valence-corrected chi connectivity index (χ0v) is 19.6. The van der Waals surface area contributed by atoms with Gasteiger partial charge in [-0.2, -0.15) is 0 Å². The Morgan fingerprint density at radius 3 is 3.00 bits per heavy atom. The molecule has 0 bridgehead atoms. The van der Waals surface area contributed by atoms with E-state index < -0.39 is 0 Å². The molecule has 1 saturated heterocycles. The Morgan fingerprint density at radius 1 is 1.21 bits per heavy atom. The van der Waals surface area contributed by atoms with Crippen LogP contribution < -0.4 is 15.4 Å². The van der Waals surface area contributed by atoms with Crippen LogP contribution in [0.1, 0.15) is 30.4 Å². The van der Waals surface area contributed by atoms with Gasteiger partial charge in [0.15, 0.2) is 0 Å². The maximum absolute atomic E-state index is 11.6. The highest BCUT2D eigenvalue weighted by Gasteiger charge is 2.22. The Bertz CT molecular complexity index is 1140. The summed E-state index contributed by atoms with van der Waals surface area (Å²) in [5.41, 5.74) is 4.40. The van der Waals surface area contributed by atoms with Gasteiger partial charge >= 0.3 is 0 Å². The summed E-state index contributed by atoms with van der Waals surface area (Å²) in [5, 5.41) is 7.75. The molecule has 2 atom stereocenters. The number of aryl methyl sites for hydroxylation is 1. The summed E-state index contributed by atoms with van der Waals surface area (Å²) >= 11 is 1.59. The SMILES string of the molecule is COc1ccc2nccc(CC[C@@H]3CC[C@@H](NCc4ccc5c(c4)NC(=O)CS5)CO3)c2c1. The van der Waals surface area contributed by atoms with E-state index >= 15 is 0 Å². The second-order valence-corrected chi connectivity index (χ2v) is 9.69. The van der Waals surface area contributed by atoms with Crippen molar-refractivity contribution in [1.82, 2.24) is 10.3 Å². The fourth-order valence-electron chi connectivity index (χ4n) is 4.54. The zero-order valence-electron chi connectivity index (χ0n) is 18.8. The largest absolute Gasteiger partial charge is 0.497 e. The normalized spacial score (nSPS) is 20.3. The minimum atomic E-state index is 0.0724. The molecule has 0 saturated carbocycles. The number of amides is 1. The van der Waals surface area contributed by atoms with E-state index in [1.54, 1.807) is 18.9 Å². The summed E-state index contributed by atoms with van der Waals surface area (Å²) in [5.74, 6) is 1.43. The third kappa shape index (κ3) is 5.32. The van der Waals surface area contributed by atoms with E-state index in [0.29, 0.717) is 11.8 Å². The van der Waals surface area contributed by atoms with E-state index in [4.69, 9.17) is 9.47 Å². The van der Waals surface area contributed by atoms with Crippen LogP contribution in [0.4, 0.5) is 5.69 Å². The molecule has 5 rings (SSSR count). The highest BCUT2D eigenvalue weighted by atomic mass is 32.2. The minimum absolute atomic E-state index is 0.0724. The van der Waals surface area contributed by atoms with Crippen molar-refractivity contribution in [3.63, 3.8) is 0 Å². The first-order valence-electron chi connectivity index (χ1n) is 11.5. The fourth-order valence-corrected chi connectivity index (χ4v) is 5.33. The standard InChI is InChI=1S/C26H29N3O3S/c1-31-21-7-8-23-22(13-21)18(10-11-27-23)3-5-20-6-4-19(15-32-20)28-14-17-2-9-25-24(12-17)29-26(30)16-33-25/h2,7-13,19-20,28H,3-6,14-16H2,1H3,(H,29,30)/t19-,20-/m1/s1. The van der Waals surface area contributed by atoms with Gasteiger partial charge in [-0.05, 0) is 73.2 Å². The van der Waals surface area contributed by atoms with Crippen LogP contribution in [0, 0.1) is 0 Å². The maximum Gasteiger partial charge on any atom is 0.234 e. The average molecular weight is 464 g/mol. The van der Waals surface area contributed by atoms with Crippen LogP contribution in [0.25, 0.3) is 10.9 Å². The minimum Gasteiger partial charge on any atom is -0.497 e. The van der Waals surface area contributed by atoms with Crippen molar-refractivity contribution >= 4 is 34.3 Å². The van der Waals surface area contributed by atoms with Crippen LogP contribution >= 0.6 is 11.8 Å². The molecular formula is C26H29N3O3S. The number of carbonyl (C=O) groups is 1. The molecule has 172 valence electrons. The molecule has 0 aliphatic carbocycles. The highest BCUT2D eigenvalue weighted by Crippen LogP contribution is 2.32. The number of pyridine rings is 1. The molecule has 3 heterocycles. The Balaban J connectivity index is 1.11. The lowest BCUT2D eigenvalue weighted by Crippen LogP contribution is -2.39. The van der Waals surface area contributed by atoms with Gasteiger partial charge in [-0.1, -0.05) is 6.07 Å². The second kappa shape index (κ2) is 10.1. The zero-order chi connectivity index (χ0) is 22.6. The van der Waals surface area contributed by atoms with Crippen LogP contribution in [0.15, 0.2) is 53.6 Å². The lowest BCUT2D eigenvalue weighted by atomic mass is 9.97. The van der Waals surface area contributed by atoms with Crippen molar-refractivity contribution in [1.29, 1.82) is 0 Å². The predicted octanol–water partition coefficient (Wildman–Crippen LogP) is 4.56. The van der Waals surface area contributed by atoms with Crippen LogP contribution in [-0.2, 0) is 22.5 Å². The number of anilines is 1. The summed E-state index contributed by atoms with van der Waals surface area (Å²) in [6.07, 6.45) is 6.30. The average Bonchev–Trinajstić information content (AvgIpc) is 2.86. The van der Waals surface area contributed by atoms with Crippen LogP contribution in [-0.4, -0.2) is 42.5 Å². The summed E-state index contributed by atoms with van der Waals surface area (Å²) in [6, 6.07) is 14.8. The van der Waals surface area contributed by atoms with Gasteiger partial charge in [-0.15, -0.1) is 11.8 Å². The number of aromatic nitrogens is 1. The molecule has 2 aromatic carbocycles. The number of carbonyl (C=O) groups excluding carboxylic acids is 1. The van der Waals surface area contributed by atoms with E-state index in [9.17, 15) is 4.79 Å². The number of ether oxygens (including phenoxy) is 2. The van der Waals surface area contributed by atoms with E-state index in [-0.39, 0.29) is 12.0 Å². The molecule has 0 unspecified atom stereocenters. The number of fused-ring (bicyclic) bond motifs is 2. The number of benzene rings is 2. The molecule has 3 aromatic rings. The van der Waals surface area contributed by atoms with Gasteiger partial charge in [0, 0.05) is 29.1 Å². The number of rotatable bonds is 7. The first kappa shape index (κ1) is 22.2. The molecule has 6 nitrogen and oxygen atoms in total. The number of nitrogens with zero attached hydrogens (tertiary/aromatic N) is 1. The molecule has 2 N–H and O–H groups in total. The summed E-state index contributed by atoms with van der Waals surface area (Å²) < 4.78 is 11.6. The van der Waals surface area contributed by atoms with Gasteiger partial charge in [0.25, 0.3) is 0 Å². The lowest BCUT2D eigenvalue weighted by Gasteiger charge is -2.30. The number of hydrogen-bond acceptors (Lipinski definition) is 6. The predicted molar refractivity (Wildman–Crippen MR) is 132 cm³/mol. The summed E-state index contributed by atoms with van der Waals surface area (Å²) in [4.78, 5) is 17.3. The fraction of sp³-hybridized carbons (Fsp3) is 0.385. The molecule has 1 fully saturated rings. The molecule has 0 radical (unpaired) electrons.